The summed E-state index contributed by atoms with van der Waals surface area (Å²) >= 11 is 0. The van der Waals surface area contributed by atoms with Crippen molar-refractivity contribution in [1.29, 1.82) is 0 Å². The maximum Gasteiger partial charge on any atom is 0.228 e. The number of rotatable bonds is 3. The first-order valence-electron chi connectivity index (χ1n) is 6.22. The molecule has 0 aliphatic heterocycles. The topological polar surface area (TPSA) is 64.9 Å². The smallest absolute Gasteiger partial charge is 0.228 e. The molecule has 0 radical (unpaired) electrons. The normalized spacial score (nSPS) is 25.9. The van der Waals surface area contributed by atoms with Gasteiger partial charge in [0.05, 0.1) is 0 Å². The number of aromatic nitrogens is 2. The summed E-state index contributed by atoms with van der Waals surface area (Å²) in [5.41, 5.74) is 6.40. The van der Waals surface area contributed by atoms with E-state index in [1.165, 1.54) is 25.7 Å². The SMILES string of the molecule is CC1(c2noc(CC3(N)CCCC3)n2)CC1. The second-order valence-electron chi connectivity index (χ2n) is 5.82. The highest BCUT2D eigenvalue weighted by molar-refractivity contribution is 5.14. The van der Waals surface area contributed by atoms with Crippen LogP contribution in [-0.2, 0) is 11.8 Å². The van der Waals surface area contributed by atoms with Crippen LogP contribution in [-0.4, -0.2) is 15.7 Å². The van der Waals surface area contributed by atoms with Crippen molar-refractivity contribution in [1.82, 2.24) is 10.1 Å². The maximum absolute atomic E-state index is 6.30. The van der Waals surface area contributed by atoms with Gasteiger partial charge in [-0.3, -0.25) is 0 Å². The van der Waals surface area contributed by atoms with E-state index in [9.17, 15) is 0 Å². The van der Waals surface area contributed by atoms with E-state index >= 15 is 0 Å². The fraction of sp³-hybridized carbons (Fsp3) is 0.833. The number of nitrogens with zero attached hydrogens (tertiary/aromatic N) is 2. The van der Waals surface area contributed by atoms with Gasteiger partial charge in [-0.25, -0.2) is 0 Å². The minimum Gasteiger partial charge on any atom is -0.339 e. The Balaban J connectivity index is 1.73. The zero-order chi connectivity index (χ0) is 11.2. The summed E-state index contributed by atoms with van der Waals surface area (Å²) in [5.74, 6) is 1.61. The Morgan fingerprint density at radius 3 is 2.56 bits per heavy atom. The predicted molar refractivity (Wildman–Crippen MR) is 60.0 cm³/mol. The van der Waals surface area contributed by atoms with E-state index in [4.69, 9.17) is 10.3 Å². The largest absolute Gasteiger partial charge is 0.339 e. The molecule has 2 fully saturated rings. The summed E-state index contributed by atoms with van der Waals surface area (Å²) < 4.78 is 5.32. The molecule has 2 N–H and O–H groups in total. The molecule has 0 spiro atoms. The Morgan fingerprint density at radius 1 is 1.25 bits per heavy atom. The molecule has 0 aromatic carbocycles. The summed E-state index contributed by atoms with van der Waals surface area (Å²) in [6.45, 7) is 2.19. The van der Waals surface area contributed by atoms with Crippen LogP contribution in [0.3, 0.4) is 0 Å². The third-order valence-electron chi connectivity index (χ3n) is 4.11. The lowest BCUT2D eigenvalue weighted by Crippen LogP contribution is -2.38. The van der Waals surface area contributed by atoms with Crippen LogP contribution >= 0.6 is 0 Å². The fourth-order valence-electron chi connectivity index (χ4n) is 2.54. The third-order valence-corrected chi connectivity index (χ3v) is 4.11. The Labute approximate surface area is 95.6 Å². The highest BCUT2D eigenvalue weighted by atomic mass is 16.5. The molecule has 4 nitrogen and oxygen atoms in total. The summed E-state index contributed by atoms with van der Waals surface area (Å²) in [4.78, 5) is 4.49. The third kappa shape index (κ3) is 1.75. The minimum absolute atomic E-state index is 0.0890. The molecule has 4 heteroatoms. The van der Waals surface area contributed by atoms with Crippen molar-refractivity contribution in [2.24, 2.45) is 5.73 Å². The van der Waals surface area contributed by atoms with Crippen molar-refractivity contribution < 1.29 is 4.52 Å². The molecule has 0 atom stereocenters. The van der Waals surface area contributed by atoms with Gasteiger partial charge >= 0.3 is 0 Å². The van der Waals surface area contributed by atoms with Gasteiger partial charge in [-0.2, -0.15) is 4.98 Å². The van der Waals surface area contributed by atoms with Gasteiger partial charge < -0.3 is 10.3 Å². The summed E-state index contributed by atoms with van der Waals surface area (Å²) in [6.07, 6.45) is 7.74. The van der Waals surface area contributed by atoms with Gasteiger partial charge in [-0.1, -0.05) is 24.9 Å². The molecule has 3 rings (SSSR count). The predicted octanol–water partition coefficient (Wildman–Crippen LogP) is 1.94. The van der Waals surface area contributed by atoms with Gasteiger partial charge in [0.2, 0.25) is 5.89 Å². The molecule has 0 unspecified atom stereocenters. The molecule has 1 heterocycles. The highest BCUT2D eigenvalue weighted by Crippen LogP contribution is 2.46. The van der Waals surface area contributed by atoms with Crippen molar-refractivity contribution in [3.05, 3.63) is 11.7 Å². The van der Waals surface area contributed by atoms with Crippen LogP contribution < -0.4 is 5.73 Å². The molecule has 0 amide bonds. The van der Waals surface area contributed by atoms with Gasteiger partial charge in [-0.05, 0) is 25.7 Å². The van der Waals surface area contributed by atoms with E-state index in [-0.39, 0.29) is 11.0 Å². The van der Waals surface area contributed by atoms with Crippen molar-refractivity contribution >= 4 is 0 Å². The van der Waals surface area contributed by atoms with Crippen LogP contribution in [0.5, 0.6) is 0 Å². The second kappa shape index (κ2) is 3.29. The number of nitrogens with two attached hydrogens (primary N) is 1. The maximum atomic E-state index is 6.30. The van der Waals surface area contributed by atoms with E-state index in [0.29, 0.717) is 0 Å². The molecule has 1 aromatic rings. The van der Waals surface area contributed by atoms with E-state index in [0.717, 1.165) is 31.0 Å². The minimum atomic E-state index is -0.0890. The first-order chi connectivity index (χ1) is 7.60. The Hall–Kier alpha value is -0.900. The Kier molecular flexibility index (Phi) is 2.11. The first kappa shape index (κ1) is 10.3. The van der Waals surface area contributed by atoms with Crippen molar-refractivity contribution in [2.75, 3.05) is 0 Å². The molecule has 88 valence electrons. The van der Waals surface area contributed by atoms with E-state index in [2.05, 4.69) is 17.1 Å². The van der Waals surface area contributed by atoms with Crippen LogP contribution in [0.25, 0.3) is 0 Å². The van der Waals surface area contributed by atoms with Gasteiger partial charge in [-0.15, -0.1) is 0 Å². The van der Waals surface area contributed by atoms with Gasteiger partial charge in [0.25, 0.3) is 0 Å². The highest BCUT2D eigenvalue weighted by Gasteiger charge is 2.44. The lowest BCUT2D eigenvalue weighted by atomic mass is 9.95. The van der Waals surface area contributed by atoms with Gasteiger partial charge in [0.1, 0.15) is 0 Å². The molecule has 2 saturated carbocycles. The number of hydrogen-bond donors (Lipinski definition) is 1. The molecule has 16 heavy (non-hydrogen) atoms. The lowest BCUT2D eigenvalue weighted by Gasteiger charge is -2.20. The molecule has 1 aromatic heterocycles. The second-order valence-corrected chi connectivity index (χ2v) is 5.82. The fourth-order valence-corrected chi connectivity index (χ4v) is 2.54. The van der Waals surface area contributed by atoms with Crippen LogP contribution in [0, 0.1) is 0 Å². The Bertz CT molecular complexity index is 389. The van der Waals surface area contributed by atoms with Crippen LogP contribution in [0.2, 0.25) is 0 Å². The standard InChI is InChI=1S/C12H19N3O/c1-11(6-7-11)10-14-9(16-15-10)8-12(13)4-2-3-5-12/h2-8,13H2,1H3. The zero-order valence-electron chi connectivity index (χ0n) is 9.83. The molecule has 0 bridgehead atoms. The van der Waals surface area contributed by atoms with Crippen molar-refractivity contribution in [3.8, 4) is 0 Å². The van der Waals surface area contributed by atoms with E-state index in [1.54, 1.807) is 0 Å². The quantitative estimate of drug-likeness (QED) is 0.847. The van der Waals surface area contributed by atoms with E-state index in [1.807, 2.05) is 0 Å². The molecular weight excluding hydrogens is 202 g/mol. The van der Waals surface area contributed by atoms with Crippen LogP contribution in [0.15, 0.2) is 4.52 Å². The van der Waals surface area contributed by atoms with Crippen molar-refractivity contribution in [3.63, 3.8) is 0 Å². The van der Waals surface area contributed by atoms with Gasteiger partial charge in [0, 0.05) is 17.4 Å². The number of hydrogen-bond acceptors (Lipinski definition) is 4. The van der Waals surface area contributed by atoms with E-state index < -0.39 is 0 Å². The zero-order valence-corrected chi connectivity index (χ0v) is 9.83. The average molecular weight is 221 g/mol. The average Bonchev–Trinajstić information content (AvgIpc) is 2.67. The molecule has 2 aliphatic rings. The molecule has 0 saturated heterocycles. The summed E-state index contributed by atoms with van der Waals surface area (Å²) in [7, 11) is 0. The lowest BCUT2D eigenvalue weighted by molar-refractivity contribution is 0.325. The van der Waals surface area contributed by atoms with Crippen molar-refractivity contribution in [2.45, 2.75) is 62.8 Å². The molecular formula is C12H19N3O. The Morgan fingerprint density at radius 2 is 1.94 bits per heavy atom. The van der Waals surface area contributed by atoms with Crippen LogP contribution in [0.1, 0.15) is 57.2 Å². The summed E-state index contributed by atoms with van der Waals surface area (Å²) in [5, 5.41) is 4.08. The monoisotopic (exact) mass is 221 g/mol. The van der Waals surface area contributed by atoms with Crippen LogP contribution in [0.4, 0.5) is 0 Å². The first-order valence-corrected chi connectivity index (χ1v) is 6.22. The molecule has 2 aliphatic carbocycles. The van der Waals surface area contributed by atoms with Gasteiger partial charge in [0.15, 0.2) is 5.82 Å². The summed E-state index contributed by atoms with van der Waals surface area (Å²) in [6, 6.07) is 0.